The minimum atomic E-state index is -0.140. The zero-order valence-corrected chi connectivity index (χ0v) is 17.3. The lowest BCUT2D eigenvalue weighted by Gasteiger charge is -2.33. The summed E-state index contributed by atoms with van der Waals surface area (Å²) in [6.45, 7) is 1.85. The molecule has 152 valence electrons. The molecule has 1 fully saturated rings. The van der Waals surface area contributed by atoms with Crippen LogP contribution in [0, 0.1) is 5.92 Å². The third kappa shape index (κ3) is 4.64. The first-order valence-electron chi connectivity index (χ1n) is 10.5. The number of carbonyl (C=O) groups is 2. The maximum atomic E-state index is 12.8. The molecule has 1 aliphatic carbocycles. The van der Waals surface area contributed by atoms with E-state index in [0.29, 0.717) is 36.1 Å². The van der Waals surface area contributed by atoms with E-state index in [1.165, 1.54) is 17.5 Å². The van der Waals surface area contributed by atoms with E-state index in [1.54, 1.807) is 29.2 Å². The lowest BCUT2D eigenvalue weighted by molar-refractivity contribution is -0.126. The molecular formula is C24H27ClN2O2. The monoisotopic (exact) mass is 410 g/mol. The summed E-state index contributed by atoms with van der Waals surface area (Å²) >= 11 is 5.92. The molecule has 2 aliphatic rings. The van der Waals surface area contributed by atoms with E-state index >= 15 is 0 Å². The maximum absolute atomic E-state index is 12.8. The van der Waals surface area contributed by atoms with Crippen LogP contribution in [0.15, 0.2) is 48.5 Å². The van der Waals surface area contributed by atoms with Crippen molar-refractivity contribution in [2.24, 2.45) is 5.92 Å². The van der Waals surface area contributed by atoms with Crippen molar-refractivity contribution >= 4 is 23.4 Å². The Morgan fingerprint density at radius 3 is 2.66 bits per heavy atom. The van der Waals surface area contributed by atoms with E-state index in [9.17, 15) is 9.59 Å². The number of hydrogen-bond acceptors (Lipinski definition) is 2. The van der Waals surface area contributed by atoms with Gasteiger partial charge in [-0.3, -0.25) is 9.59 Å². The number of benzene rings is 2. The highest BCUT2D eigenvalue weighted by molar-refractivity contribution is 6.30. The molecule has 1 N–H and O–H groups in total. The van der Waals surface area contributed by atoms with Crippen molar-refractivity contribution in [3.63, 3.8) is 0 Å². The lowest BCUT2D eigenvalue weighted by Crippen LogP contribution is -2.46. The number of amides is 2. The Bertz CT molecular complexity index is 881. The van der Waals surface area contributed by atoms with Gasteiger partial charge in [0.1, 0.15) is 0 Å². The van der Waals surface area contributed by atoms with Gasteiger partial charge in [0.05, 0.1) is 5.92 Å². The van der Waals surface area contributed by atoms with Crippen LogP contribution in [-0.4, -0.2) is 36.3 Å². The third-order valence-corrected chi connectivity index (χ3v) is 6.44. The van der Waals surface area contributed by atoms with E-state index < -0.39 is 0 Å². The summed E-state index contributed by atoms with van der Waals surface area (Å²) in [7, 11) is 0. The first-order valence-corrected chi connectivity index (χ1v) is 10.9. The van der Waals surface area contributed by atoms with Gasteiger partial charge in [-0.25, -0.2) is 0 Å². The Kier molecular flexibility index (Phi) is 6.19. The molecule has 5 heteroatoms. The quantitative estimate of drug-likeness (QED) is 0.810. The van der Waals surface area contributed by atoms with Crippen molar-refractivity contribution in [1.82, 2.24) is 10.2 Å². The van der Waals surface area contributed by atoms with E-state index in [4.69, 9.17) is 11.6 Å². The van der Waals surface area contributed by atoms with Crippen molar-refractivity contribution in [1.29, 1.82) is 0 Å². The molecule has 0 saturated carbocycles. The van der Waals surface area contributed by atoms with Crippen LogP contribution < -0.4 is 5.32 Å². The standard InChI is InChI=1S/C24H27ClN2O2/c25-21-12-10-18(11-13-21)24(29)27-14-4-8-20(16-27)23(28)26-15-19-7-3-6-17-5-1-2-9-22(17)19/h1-2,5,9-13,19-20H,3-4,6-8,14-16H2,(H,26,28). The number of nitrogens with one attached hydrogen (secondary N) is 1. The molecule has 29 heavy (non-hydrogen) atoms. The smallest absolute Gasteiger partial charge is 0.253 e. The molecule has 2 unspecified atom stereocenters. The number of rotatable bonds is 4. The van der Waals surface area contributed by atoms with Crippen LogP contribution in [0.4, 0.5) is 0 Å². The second-order valence-electron chi connectivity index (χ2n) is 8.13. The van der Waals surface area contributed by atoms with Crippen LogP contribution in [0.25, 0.3) is 0 Å². The predicted molar refractivity (Wildman–Crippen MR) is 115 cm³/mol. The van der Waals surface area contributed by atoms with E-state index in [-0.39, 0.29) is 17.7 Å². The summed E-state index contributed by atoms with van der Waals surface area (Å²) in [6, 6.07) is 15.5. The Balaban J connectivity index is 1.34. The maximum Gasteiger partial charge on any atom is 0.253 e. The number of aryl methyl sites for hydroxylation is 1. The van der Waals surface area contributed by atoms with Gasteiger partial charge in [-0.15, -0.1) is 0 Å². The largest absolute Gasteiger partial charge is 0.355 e. The van der Waals surface area contributed by atoms with E-state index in [1.807, 2.05) is 0 Å². The molecule has 1 heterocycles. The number of nitrogens with zero attached hydrogens (tertiary/aromatic N) is 1. The van der Waals surface area contributed by atoms with Crippen LogP contribution in [0.2, 0.25) is 5.02 Å². The summed E-state index contributed by atoms with van der Waals surface area (Å²) in [5, 5.41) is 3.79. The highest BCUT2D eigenvalue weighted by Crippen LogP contribution is 2.31. The fourth-order valence-corrected chi connectivity index (χ4v) is 4.71. The van der Waals surface area contributed by atoms with Crippen molar-refractivity contribution in [2.75, 3.05) is 19.6 Å². The molecule has 4 rings (SSSR count). The Labute approximate surface area is 177 Å². The van der Waals surface area contributed by atoms with Gasteiger partial charge >= 0.3 is 0 Å². The van der Waals surface area contributed by atoms with Crippen molar-refractivity contribution in [3.05, 3.63) is 70.2 Å². The molecule has 1 aliphatic heterocycles. The fourth-order valence-electron chi connectivity index (χ4n) is 4.59. The zero-order valence-electron chi connectivity index (χ0n) is 16.6. The van der Waals surface area contributed by atoms with Crippen LogP contribution in [-0.2, 0) is 11.2 Å². The SMILES string of the molecule is O=C(NCC1CCCc2ccccc21)C1CCCN(C(=O)c2ccc(Cl)cc2)C1. The lowest BCUT2D eigenvalue weighted by atomic mass is 9.82. The van der Waals surface area contributed by atoms with Crippen molar-refractivity contribution in [2.45, 2.75) is 38.0 Å². The first kappa shape index (κ1) is 20.0. The van der Waals surface area contributed by atoms with E-state index in [0.717, 1.165) is 25.7 Å². The normalized spacial score (nSPS) is 21.3. The van der Waals surface area contributed by atoms with Gasteiger partial charge in [-0.2, -0.15) is 0 Å². The van der Waals surface area contributed by atoms with Crippen molar-refractivity contribution in [3.8, 4) is 0 Å². The van der Waals surface area contributed by atoms with Crippen LogP contribution in [0.5, 0.6) is 0 Å². The summed E-state index contributed by atoms with van der Waals surface area (Å²) < 4.78 is 0. The minimum Gasteiger partial charge on any atom is -0.355 e. The molecule has 1 saturated heterocycles. The Morgan fingerprint density at radius 1 is 1.03 bits per heavy atom. The summed E-state index contributed by atoms with van der Waals surface area (Å²) in [6.07, 6.45) is 5.10. The van der Waals surface area contributed by atoms with Gasteiger partial charge in [-0.1, -0.05) is 35.9 Å². The number of hydrogen-bond donors (Lipinski definition) is 1. The molecule has 2 atom stereocenters. The third-order valence-electron chi connectivity index (χ3n) is 6.19. The molecular weight excluding hydrogens is 384 g/mol. The molecule has 4 nitrogen and oxygen atoms in total. The summed E-state index contributed by atoms with van der Waals surface area (Å²) in [4.78, 5) is 27.4. The summed E-state index contributed by atoms with van der Waals surface area (Å²) in [5.41, 5.74) is 3.41. The number of likely N-dealkylation sites (tertiary alicyclic amines) is 1. The van der Waals surface area contributed by atoms with Gasteiger partial charge in [0.15, 0.2) is 0 Å². The molecule has 0 radical (unpaired) electrons. The number of halogens is 1. The second kappa shape index (κ2) is 9.00. The molecule has 2 amide bonds. The fraction of sp³-hybridized carbons (Fsp3) is 0.417. The Morgan fingerprint density at radius 2 is 1.83 bits per heavy atom. The number of carbonyl (C=O) groups excluding carboxylic acids is 2. The van der Waals surface area contributed by atoms with Gasteiger partial charge in [-0.05, 0) is 67.5 Å². The van der Waals surface area contributed by atoms with Crippen LogP contribution in [0.1, 0.15) is 53.1 Å². The predicted octanol–water partition coefficient (Wildman–Crippen LogP) is 4.43. The van der Waals surface area contributed by atoms with Gasteiger partial charge < -0.3 is 10.2 Å². The minimum absolute atomic E-state index is 0.0274. The van der Waals surface area contributed by atoms with Crippen molar-refractivity contribution < 1.29 is 9.59 Å². The molecule has 0 spiro atoms. The molecule has 0 bridgehead atoms. The topological polar surface area (TPSA) is 49.4 Å². The average Bonchev–Trinajstić information content (AvgIpc) is 2.77. The Hall–Kier alpha value is -2.33. The zero-order chi connectivity index (χ0) is 20.2. The second-order valence-corrected chi connectivity index (χ2v) is 8.57. The van der Waals surface area contributed by atoms with E-state index in [2.05, 4.69) is 29.6 Å². The summed E-state index contributed by atoms with van der Waals surface area (Å²) in [5.74, 6) is 0.292. The highest BCUT2D eigenvalue weighted by Gasteiger charge is 2.29. The van der Waals surface area contributed by atoms with Gasteiger partial charge in [0.2, 0.25) is 5.91 Å². The van der Waals surface area contributed by atoms with Crippen LogP contribution in [0.3, 0.4) is 0 Å². The number of piperidine rings is 1. The van der Waals surface area contributed by atoms with Gasteiger partial charge in [0.25, 0.3) is 5.91 Å². The van der Waals surface area contributed by atoms with Gasteiger partial charge in [0, 0.05) is 36.1 Å². The molecule has 2 aromatic carbocycles. The molecule has 2 aromatic rings. The highest BCUT2D eigenvalue weighted by atomic mass is 35.5. The first-order chi connectivity index (χ1) is 14.1. The average molecular weight is 411 g/mol. The van der Waals surface area contributed by atoms with Crippen LogP contribution >= 0.6 is 11.6 Å². The molecule has 0 aromatic heterocycles. The number of fused-ring (bicyclic) bond motifs is 1.